The Bertz CT molecular complexity index is 578. The lowest BCUT2D eigenvalue weighted by atomic mass is 10.0. The minimum atomic E-state index is -1.06. The second-order valence-corrected chi connectivity index (χ2v) is 3.90. The largest absolute Gasteiger partial charge is 0.480 e. The molecule has 1 amide bonds. The summed E-state index contributed by atoms with van der Waals surface area (Å²) >= 11 is 0. The van der Waals surface area contributed by atoms with Gasteiger partial charge in [-0.2, -0.15) is 0 Å². The Morgan fingerprint density at radius 1 is 1.39 bits per heavy atom. The van der Waals surface area contributed by atoms with Gasteiger partial charge >= 0.3 is 5.97 Å². The maximum absolute atomic E-state index is 11.0. The number of amides is 1. The number of carbonyl (C=O) groups is 2. The number of hydrogen-bond donors (Lipinski definition) is 2. The maximum atomic E-state index is 11.0. The van der Waals surface area contributed by atoms with E-state index in [9.17, 15) is 9.59 Å². The second kappa shape index (κ2) is 5.27. The fraction of sp³-hybridized carbons (Fsp3) is 0.154. The van der Waals surface area contributed by atoms with Crippen LogP contribution in [0.3, 0.4) is 0 Å². The van der Waals surface area contributed by atoms with Crippen LogP contribution >= 0.6 is 0 Å². The van der Waals surface area contributed by atoms with Crippen molar-refractivity contribution in [2.24, 2.45) is 0 Å². The molecule has 5 nitrogen and oxygen atoms in total. The van der Waals surface area contributed by atoms with Crippen molar-refractivity contribution < 1.29 is 14.7 Å². The highest BCUT2D eigenvalue weighted by atomic mass is 16.4. The first kappa shape index (κ1) is 12.0. The lowest BCUT2D eigenvalue weighted by molar-refractivity contribution is -0.140. The lowest BCUT2D eigenvalue weighted by Crippen LogP contribution is -2.37. The first-order valence-electron chi connectivity index (χ1n) is 5.46. The fourth-order valence-electron chi connectivity index (χ4n) is 1.86. The molecular weight excluding hydrogens is 232 g/mol. The van der Waals surface area contributed by atoms with Crippen LogP contribution in [0.2, 0.25) is 0 Å². The van der Waals surface area contributed by atoms with Gasteiger partial charge in [-0.15, -0.1) is 0 Å². The predicted molar refractivity (Wildman–Crippen MR) is 66.1 cm³/mol. The van der Waals surface area contributed by atoms with Crippen LogP contribution in [0.1, 0.15) is 5.56 Å². The van der Waals surface area contributed by atoms with Crippen molar-refractivity contribution in [1.29, 1.82) is 0 Å². The molecule has 1 unspecified atom stereocenters. The Morgan fingerprint density at radius 2 is 2.17 bits per heavy atom. The lowest BCUT2D eigenvalue weighted by Gasteiger charge is -2.12. The predicted octanol–water partition coefficient (Wildman–Crippen LogP) is 0.976. The summed E-state index contributed by atoms with van der Waals surface area (Å²) in [5.74, 6) is -1.06. The van der Waals surface area contributed by atoms with Gasteiger partial charge < -0.3 is 10.4 Å². The molecule has 0 radical (unpaired) electrons. The number of carboxylic acids is 1. The topological polar surface area (TPSA) is 79.3 Å². The van der Waals surface area contributed by atoms with Gasteiger partial charge in [0.2, 0.25) is 6.41 Å². The van der Waals surface area contributed by atoms with Crippen LogP contribution in [0.25, 0.3) is 10.8 Å². The second-order valence-electron chi connectivity index (χ2n) is 3.90. The normalized spacial score (nSPS) is 12.0. The summed E-state index contributed by atoms with van der Waals surface area (Å²) in [6, 6.07) is 6.66. The van der Waals surface area contributed by atoms with Gasteiger partial charge in [-0.3, -0.25) is 9.78 Å². The number of rotatable bonds is 5. The third kappa shape index (κ3) is 2.45. The van der Waals surface area contributed by atoms with Gasteiger partial charge in [-0.25, -0.2) is 4.79 Å². The SMILES string of the molecule is O=CNC(Cc1cncc2ccccc12)C(=O)O. The molecule has 0 bridgehead atoms. The highest BCUT2D eigenvalue weighted by Crippen LogP contribution is 2.18. The van der Waals surface area contributed by atoms with E-state index in [1.807, 2.05) is 24.3 Å². The molecule has 0 aliphatic carbocycles. The van der Waals surface area contributed by atoms with Gasteiger partial charge in [-0.05, 0) is 10.9 Å². The summed E-state index contributed by atoms with van der Waals surface area (Å²) in [6.45, 7) is 0. The van der Waals surface area contributed by atoms with Gasteiger partial charge in [-0.1, -0.05) is 24.3 Å². The Labute approximate surface area is 103 Å². The van der Waals surface area contributed by atoms with Crippen molar-refractivity contribution in [3.8, 4) is 0 Å². The number of fused-ring (bicyclic) bond motifs is 1. The number of carboxylic acid groups (broad SMARTS) is 1. The number of aliphatic carboxylic acids is 1. The summed E-state index contributed by atoms with van der Waals surface area (Å²) < 4.78 is 0. The molecule has 0 aliphatic heterocycles. The number of pyridine rings is 1. The van der Waals surface area contributed by atoms with Crippen LogP contribution in [0.5, 0.6) is 0 Å². The third-order valence-electron chi connectivity index (χ3n) is 2.74. The monoisotopic (exact) mass is 244 g/mol. The van der Waals surface area contributed by atoms with Crippen molar-refractivity contribution in [3.05, 3.63) is 42.2 Å². The molecule has 2 aromatic rings. The number of hydrogen-bond acceptors (Lipinski definition) is 3. The highest BCUT2D eigenvalue weighted by molar-refractivity contribution is 5.85. The Balaban J connectivity index is 2.36. The van der Waals surface area contributed by atoms with Gasteiger partial charge in [0.25, 0.3) is 0 Å². The zero-order valence-corrected chi connectivity index (χ0v) is 9.54. The molecule has 2 rings (SSSR count). The van der Waals surface area contributed by atoms with E-state index in [4.69, 9.17) is 5.11 Å². The smallest absolute Gasteiger partial charge is 0.326 e. The number of benzene rings is 1. The standard InChI is InChI=1S/C13H12N2O3/c16-8-15-12(13(17)18)5-10-7-14-6-9-3-1-2-4-11(9)10/h1-4,6-8,12H,5H2,(H,15,16)(H,17,18). The zero-order chi connectivity index (χ0) is 13.0. The van der Waals surface area contributed by atoms with Crippen LogP contribution < -0.4 is 5.32 Å². The average Bonchev–Trinajstić information content (AvgIpc) is 2.38. The van der Waals surface area contributed by atoms with E-state index in [-0.39, 0.29) is 6.42 Å². The van der Waals surface area contributed by atoms with Crippen molar-refractivity contribution in [3.63, 3.8) is 0 Å². The summed E-state index contributed by atoms with van der Waals surface area (Å²) in [7, 11) is 0. The number of nitrogens with zero attached hydrogens (tertiary/aromatic N) is 1. The van der Waals surface area contributed by atoms with Gasteiger partial charge in [0.15, 0.2) is 0 Å². The molecular formula is C13H12N2O3. The molecule has 0 saturated carbocycles. The molecule has 18 heavy (non-hydrogen) atoms. The van der Waals surface area contributed by atoms with E-state index >= 15 is 0 Å². The first-order chi connectivity index (χ1) is 8.72. The molecule has 2 N–H and O–H groups in total. The first-order valence-corrected chi connectivity index (χ1v) is 5.46. The number of nitrogens with one attached hydrogen (secondary N) is 1. The molecule has 1 aromatic carbocycles. The van der Waals surface area contributed by atoms with E-state index < -0.39 is 12.0 Å². The van der Waals surface area contributed by atoms with Crippen molar-refractivity contribution in [1.82, 2.24) is 10.3 Å². The van der Waals surface area contributed by atoms with Gasteiger partial charge in [0.05, 0.1) is 0 Å². The molecule has 92 valence electrons. The van der Waals surface area contributed by atoms with Crippen LogP contribution in [0.4, 0.5) is 0 Å². The quantitative estimate of drug-likeness (QED) is 0.768. The molecule has 0 saturated heterocycles. The fourth-order valence-corrected chi connectivity index (χ4v) is 1.86. The zero-order valence-electron chi connectivity index (χ0n) is 9.54. The molecule has 5 heteroatoms. The molecule has 0 aliphatic rings. The molecule has 1 heterocycles. The van der Waals surface area contributed by atoms with Crippen LogP contribution in [-0.4, -0.2) is 28.5 Å². The maximum Gasteiger partial charge on any atom is 0.326 e. The van der Waals surface area contributed by atoms with E-state index in [0.29, 0.717) is 6.41 Å². The average molecular weight is 244 g/mol. The van der Waals surface area contributed by atoms with E-state index in [1.165, 1.54) is 0 Å². The minimum absolute atomic E-state index is 0.211. The van der Waals surface area contributed by atoms with E-state index in [0.717, 1.165) is 16.3 Å². The van der Waals surface area contributed by atoms with Crippen LogP contribution in [0, 0.1) is 0 Å². The Kier molecular flexibility index (Phi) is 3.52. The third-order valence-corrected chi connectivity index (χ3v) is 2.74. The van der Waals surface area contributed by atoms with Crippen molar-refractivity contribution in [2.45, 2.75) is 12.5 Å². The van der Waals surface area contributed by atoms with Crippen LogP contribution in [0.15, 0.2) is 36.7 Å². The molecule has 1 aromatic heterocycles. The molecule has 0 spiro atoms. The minimum Gasteiger partial charge on any atom is -0.480 e. The number of carbonyl (C=O) groups excluding carboxylic acids is 1. The highest BCUT2D eigenvalue weighted by Gasteiger charge is 2.17. The molecule has 0 fully saturated rings. The van der Waals surface area contributed by atoms with Gasteiger partial charge in [0.1, 0.15) is 6.04 Å². The summed E-state index contributed by atoms with van der Waals surface area (Å²) in [5, 5.41) is 13.2. The van der Waals surface area contributed by atoms with E-state index in [2.05, 4.69) is 10.3 Å². The molecule has 1 atom stereocenters. The van der Waals surface area contributed by atoms with Crippen LogP contribution in [-0.2, 0) is 16.0 Å². The van der Waals surface area contributed by atoms with Crippen molar-refractivity contribution in [2.75, 3.05) is 0 Å². The van der Waals surface area contributed by atoms with Gasteiger partial charge in [0, 0.05) is 24.2 Å². The van der Waals surface area contributed by atoms with E-state index in [1.54, 1.807) is 12.4 Å². The number of aromatic nitrogens is 1. The summed E-state index contributed by atoms with van der Waals surface area (Å²) in [4.78, 5) is 25.4. The Hall–Kier alpha value is -2.43. The summed E-state index contributed by atoms with van der Waals surface area (Å²) in [6.07, 6.45) is 3.96. The summed E-state index contributed by atoms with van der Waals surface area (Å²) in [5.41, 5.74) is 0.801. The Morgan fingerprint density at radius 3 is 2.89 bits per heavy atom. The van der Waals surface area contributed by atoms with Crippen molar-refractivity contribution >= 4 is 23.2 Å².